The molecule has 84 valence electrons. The van der Waals surface area contributed by atoms with Crippen molar-refractivity contribution in [3.8, 4) is 5.75 Å². The zero-order valence-corrected chi connectivity index (χ0v) is 9.51. The summed E-state index contributed by atoms with van der Waals surface area (Å²) in [5.74, 6) is 1.76. The summed E-state index contributed by atoms with van der Waals surface area (Å²) in [5.41, 5.74) is 1.14. The molecule has 0 aliphatic heterocycles. The maximum atomic E-state index is 5.33. The summed E-state index contributed by atoms with van der Waals surface area (Å²) >= 11 is 0. The van der Waals surface area contributed by atoms with Crippen LogP contribution in [-0.2, 0) is 6.54 Å². The van der Waals surface area contributed by atoms with Gasteiger partial charge in [0.1, 0.15) is 5.75 Å². The van der Waals surface area contributed by atoms with E-state index < -0.39 is 0 Å². The predicted octanol–water partition coefficient (Wildman–Crippen LogP) is 2.92. The summed E-state index contributed by atoms with van der Waals surface area (Å²) in [5, 5.41) is 0. The zero-order chi connectivity index (χ0) is 11.4. The molecule has 0 unspecified atom stereocenters. The lowest BCUT2D eigenvalue weighted by Gasteiger charge is -2.17. The normalized spacial score (nSPS) is 10.1. The second kappa shape index (κ2) is 4.75. The van der Waals surface area contributed by atoms with Crippen LogP contribution in [0.2, 0.25) is 0 Å². The fourth-order valence-electron chi connectivity index (χ4n) is 1.65. The van der Waals surface area contributed by atoms with E-state index in [0.717, 1.165) is 23.7 Å². The first-order valence-corrected chi connectivity index (χ1v) is 5.18. The van der Waals surface area contributed by atoms with Crippen molar-refractivity contribution in [3.63, 3.8) is 0 Å². The standard InChI is InChI=1S/C13H15NO2/c1-14(13-8-5-9-16-13)10-11-6-3-4-7-12(11)15-2/h3-9H,10H2,1-2H3. The third-order valence-electron chi connectivity index (χ3n) is 2.48. The van der Waals surface area contributed by atoms with Gasteiger partial charge in [0.25, 0.3) is 0 Å². The highest BCUT2D eigenvalue weighted by atomic mass is 16.5. The number of hydrogen-bond acceptors (Lipinski definition) is 3. The second-order valence-corrected chi connectivity index (χ2v) is 3.62. The lowest BCUT2D eigenvalue weighted by molar-refractivity contribution is 0.409. The number of furan rings is 1. The van der Waals surface area contributed by atoms with E-state index in [2.05, 4.69) is 6.07 Å². The van der Waals surface area contributed by atoms with Gasteiger partial charge in [-0.3, -0.25) is 0 Å². The molecule has 0 saturated heterocycles. The average Bonchev–Trinajstić information content (AvgIpc) is 2.83. The van der Waals surface area contributed by atoms with Crippen LogP contribution in [0.25, 0.3) is 0 Å². The summed E-state index contributed by atoms with van der Waals surface area (Å²) in [7, 11) is 3.68. The summed E-state index contributed by atoms with van der Waals surface area (Å²) in [6.07, 6.45) is 1.67. The number of methoxy groups -OCH3 is 1. The second-order valence-electron chi connectivity index (χ2n) is 3.62. The van der Waals surface area contributed by atoms with Crippen LogP contribution >= 0.6 is 0 Å². The van der Waals surface area contributed by atoms with E-state index >= 15 is 0 Å². The number of para-hydroxylation sites is 1. The van der Waals surface area contributed by atoms with E-state index in [9.17, 15) is 0 Å². The molecule has 2 rings (SSSR count). The molecule has 16 heavy (non-hydrogen) atoms. The van der Waals surface area contributed by atoms with Crippen molar-refractivity contribution in [3.05, 3.63) is 48.2 Å². The topological polar surface area (TPSA) is 25.6 Å². The van der Waals surface area contributed by atoms with Crippen LogP contribution in [0.5, 0.6) is 5.75 Å². The summed E-state index contributed by atoms with van der Waals surface area (Å²) in [4.78, 5) is 2.04. The monoisotopic (exact) mass is 217 g/mol. The van der Waals surface area contributed by atoms with Gasteiger partial charge < -0.3 is 14.1 Å². The van der Waals surface area contributed by atoms with E-state index in [1.807, 2.05) is 42.3 Å². The van der Waals surface area contributed by atoms with Gasteiger partial charge in [0, 0.05) is 25.2 Å². The first kappa shape index (κ1) is 10.6. The molecule has 3 nitrogen and oxygen atoms in total. The van der Waals surface area contributed by atoms with Gasteiger partial charge in [0.2, 0.25) is 0 Å². The smallest absolute Gasteiger partial charge is 0.195 e. The SMILES string of the molecule is COc1ccccc1CN(C)c1ccco1. The van der Waals surface area contributed by atoms with Crippen LogP contribution in [0.15, 0.2) is 47.1 Å². The average molecular weight is 217 g/mol. The van der Waals surface area contributed by atoms with Gasteiger partial charge in [-0.05, 0) is 12.1 Å². The van der Waals surface area contributed by atoms with Crippen molar-refractivity contribution in [1.29, 1.82) is 0 Å². The molecule has 1 aromatic heterocycles. The largest absolute Gasteiger partial charge is 0.496 e. The summed E-state index contributed by atoms with van der Waals surface area (Å²) in [6, 6.07) is 11.8. The minimum Gasteiger partial charge on any atom is -0.496 e. The molecule has 2 aromatic rings. The van der Waals surface area contributed by atoms with Crippen LogP contribution < -0.4 is 9.64 Å². The lowest BCUT2D eigenvalue weighted by atomic mass is 10.2. The molecule has 0 fully saturated rings. The Morgan fingerprint density at radius 3 is 2.69 bits per heavy atom. The molecular formula is C13H15NO2. The van der Waals surface area contributed by atoms with Gasteiger partial charge in [-0.2, -0.15) is 0 Å². The summed E-state index contributed by atoms with van der Waals surface area (Å²) in [6.45, 7) is 0.761. The van der Waals surface area contributed by atoms with Crippen LogP contribution in [0, 0.1) is 0 Å². The highest BCUT2D eigenvalue weighted by Gasteiger charge is 2.07. The van der Waals surface area contributed by atoms with Gasteiger partial charge in [-0.1, -0.05) is 18.2 Å². The van der Waals surface area contributed by atoms with Gasteiger partial charge >= 0.3 is 0 Å². The summed E-state index contributed by atoms with van der Waals surface area (Å²) < 4.78 is 10.6. The fraction of sp³-hybridized carbons (Fsp3) is 0.231. The predicted molar refractivity (Wildman–Crippen MR) is 63.8 cm³/mol. The molecule has 1 heterocycles. The number of rotatable bonds is 4. The highest BCUT2D eigenvalue weighted by molar-refractivity contribution is 5.40. The van der Waals surface area contributed by atoms with E-state index in [1.165, 1.54) is 0 Å². The van der Waals surface area contributed by atoms with Gasteiger partial charge in [-0.25, -0.2) is 0 Å². The maximum Gasteiger partial charge on any atom is 0.195 e. The molecule has 0 bridgehead atoms. The zero-order valence-electron chi connectivity index (χ0n) is 9.51. The molecule has 0 amide bonds. The number of anilines is 1. The first-order valence-electron chi connectivity index (χ1n) is 5.18. The molecule has 0 spiro atoms. The lowest BCUT2D eigenvalue weighted by Crippen LogP contribution is -2.16. The van der Waals surface area contributed by atoms with Crippen LogP contribution in [0.1, 0.15) is 5.56 Å². The van der Waals surface area contributed by atoms with Gasteiger partial charge in [0.15, 0.2) is 5.88 Å². The van der Waals surface area contributed by atoms with Crippen LogP contribution in [-0.4, -0.2) is 14.2 Å². The Bertz CT molecular complexity index is 437. The fourth-order valence-corrected chi connectivity index (χ4v) is 1.65. The van der Waals surface area contributed by atoms with Crippen molar-refractivity contribution in [1.82, 2.24) is 0 Å². The molecular weight excluding hydrogens is 202 g/mol. The van der Waals surface area contributed by atoms with Crippen LogP contribution in [0.4, 0.5) is 5.88 Å². The van der Waals surface area contributed by atoms with Gasteiger partial charge in [0.05, 0.1) is 13.4 Å². The minimum atomic E-state index is 0.761. The van der Waals surface area contributed by atoms with E-state index in [-0.39, 0.29) is 0 Å². The van der Waals surface area contributed by atoms with Gasteiger partial charge in [-0.15, -0.1) is 0 Å². The molecule has 1 aromatic carbocycles. The number of hydrogen-bond donors (Lipinski definition) is 0. The molecule has 3 heteroatoms. The molecule has 0 atom stereocenters. The third-order valence-corrected chi connectivity index (χ3v) is 2.48. The third kappa shape index (κ3) is 2.19. The van der Waals surface area contributed by atoms with Crippen molar-refractivity contribution in [2.24, 2.45) is 0 Å². The maximum absolute atomic E-state index is 5.33. The van der Waals surface area contributed by atoms with Crippen molar-refractivity contribution in [2.45, 2.75) is 6.54 Å². The Labute approximate surface area is 95.3 Å². The Hall–Kier alpha value is -1.90. The van der Waals surface area contributed by atoms with E-state index in [0.29, 0.717) is 0 Å². The van der Waals surface area contributed by atoms with E-state index in [4.69, 9.17) is 9.15 Å². The van der Waals surface area contributed by atoms with Crippen LogP contribution in [0.3, 0.4) is 0 Å². The quantitative estimate of drug-likeness (QED) is 0.787. The Kier molecular flexibility index (Phi) is 3.15. The molecule has 0 N–H and O–H groups in total. The number of nitrogens with zero attached hydrogens (tertiary/aromatic N) is 1. The number of benzene rings is 1. The van der Waals surface area contributed by atoms with Crippen molar-refractivity contribution >= 4 is 5.88 Å². The molecule has 0 radical (unpaired) electrons. The molecule has 0 saturated carbocycles. The Morgan fingerprint density at radius 1 is 1.19 bits per heavy atom. The van der Waals surface area contributed by atoms with Crippen molar-refractivity contribution < 1.29 is 9.15 Å². The number of ether oxygens (including phenoxy) is 1. The Balaban J connectivity index is 2.14. The minimum absolute atomic E-state index is 0.761. The van der Waals surface area contributed by atoms with E-state index in [1.54, 1.807) is 13.4 Å². The molecule has 0 aliphatic rings. The van der Waals surface area contributed by atoms with Crippen molar-refractivity contribution in [2.75, 3.05) is 19.1 Å². The molecule has 0 aliphatic carbocycles. The Morgan fingerprint density at radius 2 is 2.00 bits per heavy atom. The highest BCUT2D eigenvalue weighted by Crippen LogP contribution is 2.22. The first-order chi connectivity index (χ1) is 7.81.